The van der Waals surface area contributed by atoms with Crippen LogP contribution in [0.5, 0.6) is 11.5 Å². The molecule has 0 spiro atoms. The Bertz CT molecular complexity index is 851. The van der Waals surface area contributed by atoms with Crippen molar-refractivity contribution in [3.63, 3.8) is 0 Å². The number of allylic oxidation sites excluding steroid dienone is 1. The lowest BCUT2D eigenvalue weighted by molar-refractivity contribution is -0.126. The summed E-state index contributed by atoms with van der Waals surface area (Å²) in [5.41, 5.74) is 0.840. The van der Waals surface area contributed by atoms with Crippen LogP contribution in [0.25, 0.3) is 0 Å². The molecule has 9 heteroatoms. The molecule has 0 aliphatic carbocycles. The van der Waals surface area contributed by atoms with Gasteiger partial charge in [0.1, 0.15) is 18.5 Å². The molecule has 0 fully saturated rings. The van der Waals surface area contributed by atoms with E-state index in [9.17, 15) is 14.4 Å². The quantitative estimate of drug-likeness (QED) is 0.852. The fraction of sp³-hybridized carbons (Fsp3) is 0.294. The molecule has 1 unspecified atom stereocenters. The Balaban J connectivity index is 1.39. The molecule has 1 atom stereocenters. The van der Waals surface area contributed by atoms with Gasteiger partial charge in [0.05, 0.1) is 11.3 Å². The summed E-state index contributed by atoms with van der Waals surface area (Å²) < 4.78 is 11.0. The Morgan fingerprint density at radius 2 is 2.15 bits per heavy atom. The predicted molar refractivity (Wildman–Crippen MR) is 94.8 cm³/mol. The van der Waals surface area contributed by atoms with Crippen molar-refractivity contribution in [1.82, 2.24) is 10.2 Å². The molecule has 8 nitrogen and oxygen atoms in total. The van der Waals surface area contributed by atoms with Crippen molar-refractivity contribution in [3.8, 4) is 11.5 Å². The van der Waals surface area contributed by atoms with E-state index in [4.69, 9.17) is 9.47 Å². The van der Waals surface area contributed by atoms with E-state index in [0.29, 0.717) is 36.0 Å². The minimum absolute atomic E-state index is 0.0592. The Morgan fingerprint density at radius 1 is 1.31 bits per heavy atom. The van der Waals surface area contributed by atoms with Crippen LogP contribution in [0.1, 0.15) is 10.4 Å². The zero-order valence-corrected chi connectivity index (χ0v) is 14.5. The highest BCUT2D eigenvalue weighted by Crippen LogP contribution is 2.33. The normalized spacial score (nSPS) is 20.7. The second-order valence-electron chi connectivity index (χ2n) is 5.71. The number of aliphatic imine (C=N–C) groups is 1. The number of rotatable bonds is 4. The van der Waals surface area contributed by atoms with Gasteiger partial charge in [0, 0.05) is 13.1 Å². The highest BCUT2D eigenvalue weighted by Gasteiger charge is 2.38. The number of nitrogens with zero attached hydrogens (tertiary/aromatic N) is 2. The molecule has 0 saturated heterocycles. The molecule has 1 aromatic rings. The highest BCUT2D eigenvalue weighted by atomic mass is 32.2. The van der Waals surface area contributed by atoms with Crippen molar-refractivity contribution in [2.45, 2.75) is 5.25 Å². The van der Waals surface area contributed by atoms with E-state index < -0.39 is 11.3 Å². The van der Waals surface area contributed by atoms with Crippen LogP contribution in [0.15, 0.2) is 34.7 Å². The predicted octanol–water partition coefficient (Wildman–Crippen LogP) is 1.22. The van der Waals surface area contributed by atoms with E-state index in [1.54, 1.807) is 29.7 Å². The van der Waals surface area contributed by atoms with Gasteiger partial charge in [-0.2, -0.15) is 4.99 Å². The fourth-order valence-electron chi connectivity index (χ4n) is 2.87. The topological polar surface area (TPSA) is 97.3 Å². The molecule has 26 heavy (non-hydrogen) atoms. The first kappa shape index (κ1) is 16.6. The van der Waals surface area contributed by atoms with E-state index in [1.807, 2.05) is 0 Å². The van der Waals surface area contributed by atoms with Gasteiger partial charge in [-0.1, -0.05) is 6.07 Å². The average molecular weight is 373 g/mol. The summed E-state index contributed by atoms with van der Waals surface area (Å²) in [6, 6.07) is 4.48. The summed E-state index contributed by atoms with van der Waals surface area (Å²) in [5, 5.41) is 3.99. The molecule has 0 aromatic heterocycles. The van der Waals surface area contributed by atoms with Crippen molar-refractivity contribution in [3.05, 3.63) is 35.2 Å². The number of hydrogen-bond acceptors (Lipinski definition) is 6. The van der Waals surface area contributed by atoms with Gasteiger partial charge >= 0.3 is 6.03 Å². The minimum atomic E-state index is -0.600. The lowest BCUT2D eigenvalue weighted by Crippen LogP contribution is -2.49. The van der Waals surface area contributed by atoms with Gasteiger partial charge in [-0.05, 0) is 23.6 Å². The number of carbonyl (C=O) groups is 3. The molecule has 0 saturated carbocycles. The van der Waals surface area contributed by atoms with Gasteiger partial charge in [-0.3, -0.25) is 14.5 Å². The number of nitrogens with one attached hydrogen (secondary N) is 1. The zero-order valence-electron chi connectivity index (χ0n) is 13.6. The second-order valence-corrected chi connectivity index (χ2v) is 6.73. The van der Waals surface area contributed by atoms with Crippen LogP contribution < -0.4 is 14.8 Å². The van der Waals surface area contributed by atoms with Crippen molar-refractivity contribution >= 4 is 35.3 Å². The summed E-state index contributed by atoms with van der Waals surface area (Å²) in [6.45, 7) is 0.995. The Hall–Kier alpha value is -2.81. The van der Waals surface area contributed by atoms with Crippen LogP contribution in [0, 0.1) is 0 Å². The Labute approximate surface area is 153 Å². The van der Waals surface area contributed by atoms with E-state index in [0.717, 1.165) is 4.90 Å². The number of thioether (sulfide) groups is 1. The number of fused-ring (bicyclic) bond motifs is 2. The molecular weight excluding hydrogens is 358 g/mol. The Kier molecular flexibility index (Phi) is 4.37. The summed E-state index contributed by atoms with van der Waals surface area (Å²) >= 11 is 1.32. The molecule has 134 valence electrons. The van der Waals surface area contributed by atoms with Gasteiger partial charge in [0.15, 0.2) is 11.5 Å². The number of para-hydroxylation sites is 1. The maximum Gasteiger partial charge on any atom is 0.350 e. The summed E-state index contributed by atoms with van der Waals surface area (Å²) in [7, 11) is 0. The minimum Gasteiger partial charge on any atom is -0.486 e. The van der Waals surface area contributed by atoms with Gasteiger partial charge in [-0.15, -0.1) is 11.8 Å². The third-order valence-corrected chi connectivity index (χ3v) is 5.11. The van der Waals surface area contributed by atoms with Crippen LogP contribution in [0.3, 0.4) is 0 Å². The number of carbonyl (C=O) groups excluding carboxylic acids is 3. The van der Waals surface area contributed by atoms with Crippen LogP contribution in [0.4, 0.5) is 4.79 Å². The number of imide groups is 1. The van der Waals surface area contributed by atoms with Crippen LogP contribution in [-0.4, -0.2) is 60.0 Å². The number of ether oxygens (including phenoxy) is 2. The molecular formula is C17H15N3O5S. The number of amides is 4. The summed E-state index contributed by atoms with van der Waals surface area (Å²) in [4.78, 5) is 41.8. The maximum atomic E-state index is 12.4. The summed E-state index contributed by atoms with van der Waals surface area (Å²) in [5.74, 6) is 0.269. The molecule has 4 amide bonds. The smallest absolute Gasteiger partial charge is 0.350 e. The number of hydrogen-bond donors (Lipinski definition) is 1. The van der Waals surface area contributed by atoms with Crippen molar-refractivity contribution in [2.75, 3.05) is 26.3 Å². The average Bonchev–Trinajstić information content (AvgIpc) is 3.12. The van der Waals surface area contributed by atoms with Crippen molar-refractivity contribution in [2.24, 2.45) is 4.99 Å². The first-order valence-corrected chi connectivity index (χ1v) is 9.02. The van der Waals surface area contributed by atoms with Gasteiger partial charge < -0.3 is 14.8 Å². The van der Waals surface area contributed by atoms with Gasteiger partial charge in [-0.25, -0.2) is 4.79 Å². The van der Waals surface area contributed by atoms with Crippen LogP contribution in [0.2, 0.25) is 0 Å². The SMILES string of the molecule is O=C(NCCN1C(=O)N=C2C=CSC2C1=O)c1cccc2c1OCCO2. The molecule has 3 aliphatic heterocycles. The van der Waals surface area contributed by atoms with E-state index in [-0.39, 0.29) is 24.9 Å². The molecule has 3 heterocycles. The molecule has 0 radical (unpaired) electrons. The lowest BCUT2D eigenvalue weighted by atomic mass is 10.1. The lowest BCUT2D eigenvalue weighted by Gasteiger charge is -2.26. The third kappa shape index (κ3) is 2.94. The molecule has 3 aliphatic rings. The number of urea groups is 1. The van der Waals surface area contributed by atoms with Gasteiger partial charge in [0.2, 0.25) is 5.91 Å². The Morgan fingerprint density at radius 3 is 3.04 bits per heavy atom. The maximum absolute atomic E-state index is 12.4. The van der Waals surface area contributed by atoms with Crippen LogP contribution in [-0.2, 0) is 4.79 Å². The van der Waals surface area contributed by atoms with Crippen molar-refractivity contribution in [1.29, 1.82) is 0 Å². The monoisotopic (exact) mass is 373 g/mol. The molecule has 4 rings (SSSR count). The van der Waals surface area contributed by atoms with E-state index in [1.165, 1.54) is 11.8 Å². The van der Waals surface area contributed by atoms with Gasteiger partial charge in [0.25, 0.3) is 5.91 Å². The van der Waals surface area contributed by atoms with Crippen molar-refractivity contribution < 1.29 is 23.9 Å². The van der Waals surface area contributed by atoms with Crippen LogP contribution >= 0.6 is 11.8 Å². The standard InChI is InChI=1S/C17H15N3O5S/c21-15(10-2-1-3-12-13(10)25-8-7-24-12)18-5-6-20-16(22)14-11(4-9-26-14)19-17(20)23/h1-4,9,14H,5-8H2,(H,18,21). The fourth-order valence-corrected chi connectivity index (χ4v) is 3.76. The first-order valence-electron chi connectivity index (χ1n) is 8.08. The molecule has 1 N–H and O–H groups in total. The van der Waals surface area contributed by atoms with E-state index >= 15 is 0 Å². The van der Waals surface area contributed by atoms with E-state index in [2.05, 4.69) is 10.3 Å². The third-order valence-electron chi connectivity index (χ3n) is 4.10. The second kappa shape index (κ2) is 6.83. The molecule has 1 aromatic carbocycles. The first-order chi connectivity index (χ1) is 12.6. The molecule has 0 bridgehead atoms. The highest BCUT2D eigenvalue weighted by molar-refractivity contribution is 8.04. The summed E-state index contributed by atoms with van der Waals surface area (Å²) in [6.07, 6.45) is 1.67. The zero-order chi connectivity index (χ0) is 18.1. The largest absolute Gasteiger partial charge is 0.486 e. The number of benzene rings is 1.